The van der Waals surface area contributed by atoms with Crippen LogP contribution in [0.2, 0.25) is 5.02 Å². The van der Waals surface area contributed by atoms with Crippen LogP contribution in [-0.2, 0) is 0 Å². The van der Waals surface area contributed by atoms with Gasteiger partial charge < -0.3 is 10.5 Å². The van der Waals surface area contributed by atoms with Gasteiger partial charge in [-0.25, -0.2) is 4.98 Å². The number of ether oxygens (including phenoxy) is 1. The van der Waals surface area contributed by atoms with Gasteiger partial charge in [0, 0.05) is 17.7 Å². The molecule has 0 aliphatic rings. The summed E-state index contributed by atoms with van der Waals surface area (Å²) in [6.45, 7) is 0. The number of hydrogen-bond donors (Lipinski definition) is 1. The number of hydrogen-bond acceptors (Lipinski definition) is 7. The number of nitrogens with two attached hydrogens (primary N) is 1. The highest BCUT2D eigenvalue weighted by atomic mass is 35.5. The summed E-state index contributed by atoms with van der Waals surface area (Å²) < 4.78 is 6.13. The van der Waals surface area contributed by atoms with Crippen LogP contribution in [0.5, 0.6) is 5.75 Å². The van der Waals surface area contributed by atoms with Crippen molar-refractivity contribution in [1.29, 1.82) is 0 Å². The monoisotopic (exact) mass is 365 g/mol. The number of aromatic nitrogens is 1. The molecule has 0 bridgehead atoms. The molecule has 0 saturated carbocycles. The van der Waals surface area contributed by atoms with Crippen molar-refractivity contribution in [2.75, 3.05) is 12.8 Å². The first-order valence-corrected chi connectivity index (χ1v) is 7.73. The first-order chi connectivity index (χ1) is 11.4. The van der Waals surface area contributed by atoms with Crippen molar-refractivity contribution in [1.82, 2.24) is 4.98 Å². The Morgan fingerprint density at radius 1 is 1.33 bits per heavy atom. The van der Waals surface area contributed by atoms with Crippen LogP contribution in [0.1, 0.15) is 10.4 Å². The van der Waals surface area contributed by atoms with E-state index in [1.807, 2.05) is 18.2 Å². The van der Waals surface area contributed by atoms with Gasteiger partial charge in [-0.3, -0.25) is 14.9 Å². The number of fused-ring (bicyclic) bond motifs is 1. The first-order valence-electron chi connectivity index (χ1n) is 6.53. The zero-order valence-corrected chi connectivity index (χ0v) is 14.0. The highest BCUT2D eigenvalue weighted by Crippen LogP contribution is 2.27. The Hall–Kier alpha value is -2.71. The molecule has 0 aliphatic carbocycles. The Labute approximate surface area is 145 Å². The molecular weight excluding hydrogens is 354 g/mol. The number of nitrogen functional groups attached to an aromatic ring is 1. The summed E-state index contributed by atoms with van der Waals surface area (Å²) >= 11 is 7.01. The van der Waals surface area contributed by atoms with E-state index < -0.39 is 4.92 Å². The predicted octanol–water partition coefficient (Wildman–Crippen LogP) is 3.95. The molecule has 7 nitrogen and oxygen atoms in total. The SMILES string of the molecule is COc1ccc2nc(N)sc2c1.O=Cc1ccc([N+](=O)[O-])cc1Cl. The van der Waals surface area contributed by atoms with Crippen LogP contribution in [0.15, 0.2) is 36.4 Å². The standard InChI is InChI=1S/C8H8N2OS.C7H4ClNO3/c1-11-5-2-3-6-7(4-5)12-8(9)10-6;8-7-3-6(9(11)12)2-1-5(7)4-10/h2-4H,1H3,(H2,9,10);1-4H. The number of rotatable bonds is 3. The molecule has 0 spiro atoms. The summed E-state index contributed by atoms with van der Waals surface area (Å²) in [5, 5.41) is 10.9. The Morgan fingerprint density at radius 2 is 2.08 bits per heavy atom. The summed E-state index contributed by atoms with van der Waals surface area (Å²) in [4.78, 5) is 24.0. The number of carbonyl (C=O) groups is 1. The van der Waals surface area contributed by atoms with Crippen molar-refractivity contribution < 1.29 is 14.5 Å². The lowest BCUT2D eigenvalue weighted by Gasteiger charge is -1.96. The Balaban J connectivity index is 0.000000174. The van der Waals surface area contributed by atoms with E-state index in [9.17, 15) is 14.9 Å². The summed E-state index contributed by atoms with van der Waals surface area (Å²) in [5.74, 6) is 0.839. The third-order valence-electron chi connectivity index (χ3n) is 2.93. The minimum atomic E-state index is -0.569. The fraction of sp³-hybridized carbons (Fsp3) is 0.0667. The van der Waals surface area contributed by atoms with E-state index in [1.165, 1.54) is 23.5 Å². The van der Waals surface area contributed by atoms with Gasteiger partial charge in [-0.2, -0.15) is 0 Å². The highest BCUT2D eigenvalue weighted by molar-refractivity contribution is 7.22. The highest BCUT2D eigenvalue weighted by Gasteiger charge is 2.07. The average Bonchev–Trinajstić information content (AvgIpc) is 2.94. The van der Waals surface area contributed by atoms with Gasteiger partial charge in [0.05, 0.1) is 27.3 Å². The van der Waals surface area contributed by atoms with Crippen LogP contribution in [0.4, 0.5) is 10.8 Å². The van der Waals surface area contributed by atoms with E-state index in [-0.39, 0.29) is 16.3 Å². The molecule has 1 aromatic heterocycles. The minimum absolute atomic E-state index is 0.0965. The number of benzene rings is 2. The van der Waals surface area contributed by atoms with Gasteiger partial charge in [-0.05, 0) is 24.3 Å². The lowest BCUT2D eigenvalue weighted by molar-refractivity contribution is -0.384. The molecule has 0 saturated heterocycles. The molecule has 3 aromatic rings. The van der Waals surface area contributed by atoms with Crippen LogP contribution in [0.25, 0.3) is 10.2 Å². The Kier molecular flexibility index (Phi) is 5.67. The second-order valence-electron chi connectivity index (χ2n) is 4.47. The smallest absolute Gasteiger partial charge is 0.270 e. The third-order valence-corrected chi connectivity index (χ3v) is 4.11. The van der Waals surface area contributed by atoms with Crippen LogP contribution in [-0.4, -0.2) is 23.3 Å². The lowest BCUT2D eigenvalue weighted by Crippen LogP contribution is -1.89. The van der Waals surface area contributed by atoms with Crippen molar-refractivity contribution in [3.05, 3.63) is 57.1 Å². The number of non-ortho nitro benzene ring substituents is 1. The summed E-state index contributed by atoms with van der Waals surface area (Å²) in [6, 6.07) is 9.40. The fourth-order valence-corrected chi connectivity index (χ4v) is 2.76. The van der Waals surface area contributed by atoms with Crippen molar-refractivity contribution in [2.45, 2.75) is 0 Å². The van der Waals surface area contributed by atoms with Crippen molar-refractivity contribution in [2.24, 2.45) is 0 Å². The summed E-state index contributed by atoms with van der Waals surface area (Å²) in [5.41, 5.74) is 6.61. The molecule has 0 amide bonds. The zero-order chi connectivity index (χ0) is 17.7. The Bertz CT molecular complexity index is 898. The van der Waals surface area contributed by atoms with Crippen LogP contribution in [0, 0.1) is 10.1 Å². The molecule has 0 radical (unpaired) electrons. The topological polar surface area (TPSA) is 108 Å². The maximum Gasteiger partial charge on any atom is 0.270 e. The molecule has 0 aliphatic heterocycles. The normalized spacial score (nSPS) is 9.92. The van der Waals surface area contributed by atoms with Crippen LogP contribution in [0.3, 0.4) is 0 Å². The molecule has 0 atom stereocenters. The van der Waals surface area contributed by atoms with E-state index in [2.05, 4.69) is 4.98 Å². The van der Waals surface area contributed by atoms with E-state index in [1.54, 1.807) is 7.11 Å². The minimum Gasteiger partial charge on any atom is -0.497 e. The number of carbonyl (C=O) groups excluding carboxylic acids is 1. The third kappa shape index (κ3) is 4.18. The van der Waals surface area contributed by atoms with Crippen molar-refractivity contribution in [3.8, 4) is 5.75 Å². The van der Waals surface area contributed by atoms with Crippen LogP contribution < -0.4 is 10.5 Å². The van der Waals surface area contributed by atoms with E-state index in [0.717, 1.165) is 22.0 Å². The number of halogens is 1. The van der Waals surface area contributed by atoms with Gasteiger partial charge >= 0.3 is 0 Å². The summed E-state index contributed by atoms with van der Waals surface area (Å²) in [6.07, 6.45) is 0.548. The molecule has 124 valence electrons. The van der Waals surface area contributed by atoms with E-state index in [0.29, 0.717) is 11.4 Å². The molecule has 2 N–H and O–H groups in total. The number of nitrogens with zero attached hydrogens (tertiary/aromatic N) is 2. The first kappa shape index (κ1) is 17.6. The molecule has 0 unspecified atom stereocenters. The lowest BCUT2D eigenvalue weighted by atomic mass is 10.2. The van der Waals surface area contributed by atoms with Crippen molar-refractivity contribution in [3.63, 3.8) is 0 Å². The van der Waals surface area contributed by atoms with Gasteiger partial charge in [0.1, 0.15) is 5.75 Å². The molecule has 9 heteroatoms. The zero-order valence-electron chi connectivity index (χ0n) is 12.4. The predicted molar refractivity (Wildman–Crippen MR) is 94.1 cm³/mol. The molecule has 24 heavy (non-hydrogen) atoms. The summed E-state index contributed by atoms with van der Waals surface area (Å²) in [7, 11) is 1.64. The van der Waals surface area contributed by atoms with Crippen molar-refractivity contribution >= 4 is 50.3 Å². The van der Waals surface area contributed by atoms with Gasteiger partial charge in [-0.15, -0.1) is 0 Å². The molecule has 2 aromatic carbocycles. The molecule has 3 rings (SSSR count). The molecule has 1 heterocycles. The van der Waals surface area contributed by atoms with Gasteiger partial charge in [0.25, 0.3) is 5.69 Å². The van der Waals surface area contributed by atoms with Crippen LogP contribution >= 0.6 is 22.9 Å². The number of anilines is 1. The number of methoxy groups -OCH3 is 1. The second-order valence-corrected chi connectivity index (χ2v) is 5.94. The fourth-order valence-electron chi connectivity index (χ4n) is 1.77. The van der Waals surface area contributed by atoms with Gasteiger partial charge in [0.2, 0.25) is 0 Å². The molecular formula is C15H12ClN3O4S. The largest absolute Gasteiger partial charge is 0.497 e. The van der Waals surface area contributed by atoms with Gasteiger partial charge in [0.15, 0.2) is 11.4 Å². The maximum absolute atomic E-state index is 10.3. The Morgan fingerprint density at radius 3 is 2.67 bits per heavy atom. The quantitative estimate of drug-likeness (QED) is 0.427. The number of aldehydes is 1. The average molecular weight is 366 g/mol. The molecule has 0 fully saturated rings. The number of nitro benzene ring substituents is 1. The maximum atomic E-state index is 10.3. The van der Waals surface area contributed by atoms with E-state index in [4.69, 9.17) is 22.1 Å². The van der Waals surface area contributed by atoms with Gasteiger partial charge in [-0.1, -0.05) is 22.9 Å². The number of thiazole rings is 1. The number of nitro groups is 1. The second kappa shape index (κ2) is 7.71. The van der Waals surface area contributed by atoms with E-state index >= 15 is 0 Å².